The third-order valence-electron chi connectivity index (χ3n) is 2.40. The number of hydrazine groups is 1. The van der Waals surface area contributed by atoms with Crippen LogP contribution in [0.5, 0.6) is 0 Å². The second-order valence-corrected chi connectivity index (χ2v) is 4.34. The summed E-state index contributed by atoms with van der Waals surface area (Å²) in [5, 5.41) is 2.50. The Morgan fingerprint density at radius 1 is 1.50 bits per heavy atom. The Morgan fingerprint density at radius 3 is 2.67 bits per heavy atom. The van der Waals surface area contributed by atoms with Crippen LogP contribution in [0.4, 0.5) is 0 Å². The average molecular weight is 187 g/mol. The predicted molar refractivity (Wildman–Crippen MR) is 54.6 cm³/mol. The summed E-state index contributed by atoms with van der Waals surface area (Å²) in [5.41, 5.74) is 8.62. The van der Waals surface area contributed by atoms with E-state index in [2.05, 4.69) is 24.3 Å². The summed E-state index contributed by atoms with van der Waals surface area (Å²) >= 11 is 4.80. The van der Waals surface area contributed by atoms with Crippen LogP contribution in [-0.4, -0.2) is 22.2 Å². The Bertz CT molecular complexity index is 179. The molecule has 0 spiro atoms. The highest BCUT2D eigenvalue weighted by molar-refractivity contribution is 7.80. The first-order valence-electron chi connectivity index (χ1n) is 4.36. The molecule has 0 aromatic heterocycles. The van der Waals surface area contributed by atoms with Crippen LogP contribution < -0.4 is 11.2 Å². The van der Waals surface area contributed by atoms with Gasteiger partial charge in [0.2, 0.25) is 0 Å². The maximum atomic E-state index is 5.42. The highest BCUT2D eigenvalue weighted by atomic mass is 32.1. The van der Waals surface area contributed by atoms with Crippen LogP contribution in [0.25, 0.3) is 0 Å². The topological polar surface area (TPSA) is 41.3 Å². The number of rotatable bonds is 1. The highest BCUT2D eigenvalue weighted by Gasteiger charge is 2.29. The zero-order valence-electron chi connectivity index (χ0n) is 7.76. The smallest absolute Gasteiger partial charge is 0.178 e. The quantitative estimate of drug-likeness (QED) is 0.601. The largest absolute Gasteiger partial charge is 0.375 e. The molecule has 0 amide bonds. The molecule has 0 bridgehead atoms. The first kappa shape index (κ1) is 9.74. The molecule has 1 saturated heterocycles. The monoisotopic (exact) mass is 187 g/mol. The molecule has 3 N–H and O–H groups in total. The van der Waals surface area contributed by atoms with Crippen molar-refractivity contribution in [1.29, 1.82) is 0 Å². The van der Waals surface area contributed by atoms with Crippen molar-refractivity contribution in [3.05, 3.63) is 0 Å². The molecule has 12 heavy (non-hydrogen) atoms. The van der Waals surface area contributed by atoms with Gasteiger partial charge < -0.3 is 5.73 Å². The van der Waals surface area contributed by atoms with Crippen LogP contribution in [0.15, 0.2) is 0 Å². The van der Waals surface area contributed by atoms with Crippen LogP contribution in [0.1, 0.15) is 33.1 Å². The molecular formula is C8H17N3S. The summed E-state index contributed by atoms with van der Waals surface area (Å²) in [5.74, 6) is 0. The molecule has 0 unspecified atom stereocenters. The van der Waals surface area contributed by atoms with Crippen molar-refractivity contribution >= 4 is 17.3 Å². The maximum absolute atomic E-state index is 5.42. The van der Waals surface area contributed by atoms with Crippen molar-refractivity contribution in [2.75, 3.05) is 6.54 Å². The minimum atomic E-state index is 0.182. The summed E-state index contributed by atoms with van der Waals surface area (Å²) in [6.07, 6.45) is 3.71. The molecule has 0 radical (unpaired) electrons. The van der Waals surface area contributed by atoms with Gasteiger partial charge in [0, 0.05) is 12.1 Å². The van der Waals surface area contributed by atoms with E-state index in [1.807, 2.05) is 0 Å². The zero-order chi connectivity index (χ0) is 9.19. The van der Waals surface area contributed by atoms with Crippen LogP contribution in [0.3, 0.4) is 0 Å². The molecule has 3 nitrogen and oxygen atoms in total. The van der Waals surface area contributed by atoms with Gasteiger partial charge in [-0.1, -0.05) is 6.42 Å². The highest BCUT2D eigenvalue weighted by Crippen LogP contribution is 2.24. The van der Waals surface area contributed by atoms with Crippen LogP contribution in [0.2, 0.25) is 0 Å². The van der Waals surface area contributed by atoms with E-state index in [0.717, 1.165) is 6.54 Å². The fourth-order valence-electron chi connectivity index (χ4n) is 1.61. The third-order valence-corrected chi connectivity index (χ3v) is 2.49. The summed E-state index contributed by atoms with van der Waals surface area (Å²) in [4.78, 5) is 0. The number of nitrogens with two attached hydrogens (primary N) is 1. The molecule has 0 aromatic carbocycles. The molecule has 1 aliphatic heterocycles. The standard InChI is InChI=1S/C8H17N3S/c1-8(2)5-3-4-6-11(8)10-7(9)12/h3-6H2,1-2H3,(H3,9,10,12). The molecule has 1 fully saturated rings. The maximum Gasteiger partial charge on any atom is 0.178 e. The molecule has 0 atom stereocenters. The van der Waals surface area contributed by atoms with Gasteiger partial charge in [0.05, 0.1) is 0 Å². The summed E-state index contributed by atoms with van der Waals surface area (Å²) < 4.78 is 0. The van der Waals surface area contributed by atoms with Crippen molar-refractivity contribution in [2.24, 2.45) is 5.73 Å². The molecule has 1 aliphatic rings. The summed E-state index contributed by atoms with van der Waals surface area (Å²) in [7, 11) is 0. The van der Waals surface area contributed by atoms with E-state index in [1.165, 1.54) is 19.3 Å². The van der Waals surface area contributed by atoms with E-state index in [4.69, 9.17) is 18.0 Å². The number of piperidine rings is 1. The Hall–Kier alpha value is -0.350. The van der Waals surface area contributed by atoms with Crippen molar-refractivity contribution < 1.29 is 0 Å². The number of nitrogens with one attached hydrogen (secondary N) is 1. The van der Waals surface area contributed by atoms with Gasteiger partial charge in [0.1, 0.15) is 0 Å². The van der Waals surface area contributed by atoms with Gasteiger partial charge >= 0.3 is 0 Å². The molecular weight excluding hydrogens is 170 g/mol. The third kappa shape index (κ3) is 2.32. The van der Waals surface area contributed by atoms with Gasteiger partial charge in [-0.3, -0.25) is 5.43 Å². The van der Waals surface area contributed by atoms with E-state index in [-0.39, 0.29) is 5.54 Å². The lowest BCUT2D eigenvalue weighted by Gasteiger charge is -2.42. The second kappa shape index (κ2) is 3.58. The van der Waals surface area contributed by atoms with Gasteiger partial charge in [-0.25, -0.2) is 5.01 Å². The van der Waals surface area contributed by atoms with Gasteiger partial charge in [-0.2, -0.15) is 0 Å². The normalized spacial score (nSPS) is 23.5. The summed E-state index contributed by atoms with van der Waals surface area (Å²) in [6.45, 7) is 5.44. The molecule has 0 saturated carbocycles. The van der Waals surface area contributed by atoms with E-state index in [9.17, 15) is 0 Å². The number of hydrogen-bond acceptors (Lipinski definition) is 2. The number of hydrogen-bond donors (Lipinski definition) is 2. The molecule has 0 aliphatic carbocycles. The lowest BCUT2D eigenvalue weighted by molar-refractivity contribution is 0.0500. The van der Waals surface area contributed by atoms with E-state index < -0.39 is 0 Å². The molecule has 4 heteroatoms. The van der Waals surface area contributed by atoms with Crippen LogP contribution >= 0.6 is 12.2 Å². The van der Waals surface area contributed by atoms with Crippen molar-refractivity contribution in [3.63, 3.8) is 0 Å². The molecule has 0 aromatic rings. The van der Waals surface area contributed by atoms with E-state index in [1.54, 1.807) is 0 Å². The fourth-order valence-corrected chi connectivity index (χ4v) is 1.72. The Kier molecular flexibility index (Phi) is 2.90. The minimum Gasteiger partial charge on any atom is -0.375 e. The van der Waals surface area contributed by atoms with E-state index >= 15 is 0 Å². The van der Waals surface area contributed by atoms with Crippen molar-refractivity contribution in [3.8, 4) is 0 Å². The number of thiocarbonyl (C=S) groups is 1. The number of nitrogens with zero attached hydrogens (tertiary/aromatic N) is 1. The Morgan fingerprint density at radius 2 is 2.17 bits per heavy atom. The van der Waals surface area contributed by atoms with Crippen molar-refractivity contribution in [1.82, 2.24) is 10.4 Å². The lowest BCUT2D eigenvalue weighted by atomic mass is 9.92. The minimum absolute atomic E-state index is 0.182. The van der Waals surface area contributed by atoms with Crippen molar-refractivity contribution in [2.45, 2.75) is 38.6 Å². The van der Waals surface area contributed by atoms with Gasteiger partial charge in [-0.05, 0) is 38.9 Å². The predicted octanol–water partition coefficient (Wildman–Crippen LogP) is 0.999. The summed E-state index contributed by atoms with van der Waals surface area (Å²) in [6, 6.07) is 0. The first-order chi connectivity index (χ1) is 5.52. The van der Waals surface area contributed by atoms with Crippen LogP contribution in [-0.2, 0) is 0 Å². The lowest BCUT2D eigenvalue weighted by Crippen LogP contribution is -2.57. The molecule has 1 heterocycles. The Balaban J connectivity index is 2.54. The average Bonchev–Trinajstić information content (AvgIpc) is 1.92. The second-order valence-electron chi connectivity index (χ2n) is 3.90. The van der Waals surface area contributed by atoms with Crippen LogP contribution in [0, 0.1) is 0 Å². The first-order valence-corrected chi connectivity index (χ1v) is 4.77. The van der Waals surface area contributed by atoms with E-state index in [0.29, 0.717) is 5.11 Å². The fraction of sp³-hybridized carbons (Fsp3) is 0.875. The SMILES string of the molecule is CC1(C)CCCCN1NC(N)=S. The van der Waals surface area contributed by atoms with Gasteiger partial charge in [0.15, 0.2) is 5.11 Å². The molecule has 70 valence electrons. The Labute approximate surface area is 79.3 Å². The molecule has 1 rings (SSSR count). The zero-order valence-corrected chi connectivity index (χ0v) is 8.58. The van der Waals surface area contributed by atoms with Gasteiger partial charge in [0.25, 0.3) is 0 Å². The van der Waals surface area contributed by atoms with Gasteiger partial charge in [-0.15, -0.1) is 0 Å².